The van der Waals surface area contributed by atoms with Crippen LogP contribution in [-0.2, 0) is 11.8 Å². The number of aromatic nitrogens is 2. The third kappa shape index (κ3) is 2.97. The molecule has 0 saturated carbocycles. The molecule has 2 N–H and O–H groups in total. The van der Waals surface area contributed by atoms with Crippen LogP contribution in [0.5, 0.6) is 23.0 Å². The second-order valence-electron chi connectivity index (χ2n) is 7.48. The summed E-state index contributed by atoms with van der Waals surface area (Å²) >= 11 is 0. The van der Waals surface area contributed by atoms with E-state index in [-0.39, 0.29) is 46.1 Å². The summed E-state index contributed by atoms with van der Waals surface area (Å²) in [4.78, 5) is 25.3. The van der Waals surface area contributed by atoms with E-state index in [4.69, 9.17) is 13.9 Å². The Bertz CT molecular complexity index is 1450. The fraction of sp³-hybridized carbons (Fsp3) is 0.174. The molecule has 0 spiro atoms. The maximum Gasteiger partial charge on any atom is 0.312 e. The quantitative estimate of drug-likeness (QED) is 0.372. The van der Waals surface area contributed by atoms with E-state index in [1.807, 2.05) is 0 Å². The first kappa shape index (κ1) is 19.7. The van der Waals surface area contributed by atoms with Crippen LogP contribution in [0.2, 0.25) is 0 Å². The van der Waals surface area contributed by atoms with Crippen molar-refractivity contribution in [1.82, 2.24) is 9.78 Å². The number of methoxy groups -OCH3 is 1. The van der Waals surface area contributed by atoms with Gasteiger partial charge in [0.1, 0.15) is 28.2 Å². The van der Waals surface area contributed by atoms with E-state index >= 15 is 0 Å². The van der Waals surface area contributed by atoms with Crippen molar-refractivity contribution >= 4 is 16.9 Å². The summed E-state index contributed by atoms with van der Waals surface area (Å²) < 4.78 is 18.2. The van der Waals surface area contributed by atoms with Gasteiger partial charge >= 0.3 is 5.97 Å². The van der Waals surface area contributed by atoms with Crippen LogP contribution in [0.25, 0.3) is 22.3 Å². The Balaban J connectivity index is 1.81. The zero-order valence-electron chi connectivity index (χ0n) is 17.2. The standard InChI is InChI=1S/C23H18N2O7/c1-25-13(5-6-24-25)12-8-20(29)31-19-10-16(28)22-15(27)9-18(32-23(22)21(12)19)11-3-4-17(30-2)14(26)7-11/h3-7,9-10,12,26,28H,8H2,1-2H3/t12-/m1/s1. The van der Waals surface area contributed by atoms with Gasteiger partial charge in [-0.25, -0.2) is 0 Å². The SMILES string of the molecule is COc1ccc(-c2cc(=O)c3c(O)cc4c(c3o2)[C@@H](c2ccnn2C)CC(=O)O4)cc1O. The second-order valence-corrected chi connectivity index (χ2v) is 7.48. The lowest BCUT2D eigenvalue weighted by Gasteiger charge is -2.25. The molecule has 1 aliphatic heterocycles. The number of carbonyl (C=O) groups excluding carboxylic acids is 1. The maximum absolute atomic E-state index is 13.0. The first-order chi connectivity index (χ1) is 15.4. The summed E-state index contributed by atoms with van der Waals surface area (Å²) in [6, 6.07) is 8.87. The number of rotatable bonds is 3. The zero-order valence-corrected chi connectivity index (χ0v) is 17.2. The van der Waals surface area contributed by atoms with Crippen molar-refractivity contribution in [3.63, 3.8) is 0 Å². The normalized spacial score (nSPS) is 15.4. The van der Waals surface area contributed by atoms with Crippen LogP contribution in [0.1, 0.15) is 23.6 Å². The summed E-state index contributed by atoms with van der Waals surface area (Å²) in [6.45, 7) is 0. The van der Waals surface area contributed by atoms with Gasteiger partial charge in [-0.05, 0) is 24.3 Å². The van der Waals surface area contributed by atoms with Gasteiger partial charge in [0.05, 0.1) is 13.5 Å². The summed E-state index contributed by atoms with van der Waals surface area (Å²) in [7, 11) is 3.18. The van der Waals surface area contributed by atoms with Crippen LogP contribution in [0.15, 0.2) is 51.8 Å². The number of fused-ring (bicyclic) bond motifs is 3. The molecular weight excluding hydrogens is 416 g/mol. The molecule has 0 amide bonds. The smallest absolute Gasteiger partial charge is 0.312 e. The van der Waals surface area contributed by atoms with Gasteiger partial charge in [0.25, 0.3) is 0 Å². The summed E-state index contributed by atoms with van der Waals surface area (Å²) in [6.07, 6.45) is 1.63. The average molecular weight is 434 g/mol. The molecule has 1 aliphatic rings. The molecule has 3 heterocycles. The Morgan fingerprint density at radius 2 is 1.94 bits per heavy atom. The molecule has 9 heteroatoms. The number of phenolic OH excluding ortho intramolecular Hbond substituents is 2. The molecular formula is C23H18N2O7. The fourth-order valence-electron chi connectivity index (χ4n) is 4.12. The zero-order chi connectivity index (χ0) is 22.6. The summed E-state index contributed by atoms with van der Waals surface area (Å²) in [5, 5.41) is 24.8. The predicted molar refractivity (Wildman–Crippen MR) is 113 cm³/mol. The lowest BCUT2D eigenvalue weighted by Crippen LogP contribution is -2.23. The topological polar surface area (TPSA) is 124 Å². The molecule has 9 nitrogen and oxygen atoms in total. The molecule has 0 fully saturated rings. The fourth-order valence-corrected chi connectivity index (χ4v) is 4.12. The van der Waals surface area contributed by atoms with E-state index in [2.05, 4.69) is 5.10 Å². The Kier molecular flexibility index (Phi) is 4.40. The minimum atomic E-state index is -0.496. The van der Waals surface area contributed by atoms with Gasteiger partial charge < -0.3 is 24.1 Å². The number of hydrogen-bond acceptors (Lipinski definition) is 8. The molecule has 0 bridgehead atoms. The number of aryl methyl sites for hydroxylation is 1. The number of phenols is 2. The van der Waals surface area contributed by atoms with Crippen molar-refractivity contribution in [3.05, 3.63) is 64.1 Å². The highest BCUT2D eigenvalue weighted by Crippen LogP contribution is 2.46. The van der Waals surface area contributed by atoms with Crippen molar-refractivity contribution in [2.24, 2.45) is 7.05 Å². The average Bonchev–Trinajstić information content (AvgIpc) is 3.18. The molecule has 2 aromatic carbocycles. The highest BCUT2D eigenvalue weighted by molar-refractivity contribution is 5.93. The lowest BCUT2D eigenvalue weighted by atomic mass is 9.88. The van der Waals surface area contributed by atoms with Crippen molar-refractivity contribution < 1.29 is 28.9 Å². The van der Waals surface area contributed by atoms with Crippen LogP contribution in [-0.4, -0.2) is 33.1 Å². The second kappa shape index (κ2) is 7.16. The van der Waals surface area contributed by atoms with E-state index < -0.39 is 17.3 Å². The first-order valence-electron chi connectivity index (χ1n) is 9.77. The third-order valence-corrected chi connectivity index (χ3v) is 5.60. The first-order valence-corrected chi connectivity index (χ1v) is 9.77. The van der Waals surface area contributed by atoms with Crippen molar-refractivity contribution in [2.45, 2.75) is 12.3 Å². The van der Waals surface area contributed by atoms with Gasteiger partial charge in [0.15, 0.2) is 16.9 Å². The van der Waals surface area contributed by atoms with E-state index in [9.17, 15) is 19.8 Å². The molecule has 2 aromatic heterocycles. The van der Waals surface area contributed by atoms with Gasteiger partial charge in [-0.2, -0.15) is 5.10 Å². The number of nitrogens with zero attached hydrogens (tertiary/aromatic N) is 2. The molecule has 5 rings (SSSR count). The highest BCUT2D eigenvalue weighted by Gasteiger charge is 2.35. The van der Waals surface area contributed by atoms with Gasteiger partial charge in [-0.1, -0.05) is 0 Å². The van der Waals surface area contributed by atoms with Crippen molar-refractivity contribution in [2.75, 3.05) is 7.11 Å². The van der Waals surface area contributed by atoms with Gasteiger partial charge in [0, 0.05) is 48.1 Å². The number of ether oxygens (including phenoxy) is 2. The largest absolute Gasteiger partial charge is 0.507 e. The van der Waals surface area contributed by atoms with E-state index in [1.165, 1.54) is 25.3 Å². The van der Waals surface area contributed by atoms with Gasteiger partial charge in [0.2, 0.25) is 0 Å². The van der Waals surface area contributed by atoms with Crippen LogP contribution >= 0.6 is 0 Å². The third-order valence-electron chi connectivity index (χ3n) is 5.60. The monoisotopic (exact) mass is 434 g/mol. The lowest BCUT2D eigenvalue weighted by molar-refractivity contribution is -0.135. The predicted octanol–water partition coefficient (Wildman–Crippen LogP) is 3.05. The molecule has 0 aliphatic carbocycles. The Labute approximate surface area is 181 Å². The molecule has 0 unspecified atom stereocenters. The molecule has 0 saturated heterocycles. The molecule has 4 aromatic rings. The van der Waals surface area contributed by atoms with Crippen molar-refractivity contribution in [1.29, 1.82) is 0 Å². The van der Waals surface area contributed by atoms with Crippen molar-refractivity contribution in [3.8, 4) is 34.3 Å². The Hall–Kier alpha value is -4.27. The van der Waals surface area contributed by atoms with Crippen LogP contribution in [0.4, 0.5) is 0 Å². The number of benzene rings is 2. The van der Waals surface area contributed by atoms with Crippen LogP contribution in [0.3, 0.4) is 0 Å². The van der Waals surface area contributed by atoms with Gasteiger partial charge in [-0.3, -0.25) is 14.3 Å². The van der Waals surface area contributed by atoms with Crippen LogP contribution < -0.4 is 14.9 Å². The summed E-state index contributed by atoms with van der Waals surface area (Å²) in [5.41, 5.74) is 1.26. The molecule has 0 radical (unpaired) electrons. The molecule has 32 heavy (non-hydrogen) atoms. The minimum absolute atomic E-state index is 0.0175. The molecule has 162 valence electrons. The van der Waals surface area contributed by atoms with Gasteiger partial charge in [-0.15, -0.1) is 0 Å². The number of esters is 1. The van der Waals surface area contributed by atoms with E-state index in [1.54, 1.807) is 36.1 Å². The van der Waals surface area contributed by atoms with E-state index in [0.717, 1.165) is 5.69 Å². The highest BCUT2D eigenvalue weighted by atomic mass is 16.5. The Morgan fingerprint density at radius 1 is 1.12 bits per heavy atom. The molecule has 1 atom stereocenters. The maximum atomic E-state index is 13.0. The number of carbonyl (C=O) groups is 1. The van der Waals surface area contributed by atoms with Crippen LogP contribution in [0, 0.1) is 0 Å². The minimum Gasteiger partial charge on any atom is -0.507 e. The summed E-state index contributed by atoms with van der Waals surface area (Å²) in [5.74, 6) is -0.868. The number of hydrogen-bond donors (Lipinski definition) is 2. The Morgan fingerprint density at radius 3 is 2.62 bits per heavy atom. The number of aromatic hydroxyl groups is 2. The van der Waals surface area contributed by atoms with E-state index in [0.29, 0.717) is 11.1 Å².